The van der Waals surface area contributed by atoms with Crippen LogP contribution in [0.5, 0.6) is 5.75 Å². The molecule has 1 atom stereocenters. The molecular weight excluding hydrogens is 273 g/mol. The molecular formula is C13H17F3N2O2. The molecule has 0 radical (unpaired) electrons. The summed E-state index contributed by atoms with van der Waals surface area (Å²) in [5, 5.41) is 11.6. The first-order valence-corrected chi connectivity index (χ1v) is 6.17. The molecule has 0 saturated heterocycles. The first-order chi connectivity index (χ1) is 9.29. The Bertz CT molecular complexity index is 507. The molecule has 0 fully saturated rings. The van der Waals surface area contributed by atoms with E-state index >= 15 is 0 Å². The molecule has 0 aliphatic rings. The minimum absolute atomic E-state index is 0.0319. The van der Waals surface area contributed by atoms with Crippen molar-refractivity contribution in [2.75, 3.05) is 6.54 Å². The Kier molecular flexibility index (Phi) is 5.38. The van der Waals surface area contributed by atoms with Gasteiger partial charge in [0.2, 0.25) is 5.82 Å². The molecule has 4 N–H and O–H groups in total. The van der Waals surface area contributed by atoms with Gasteiger partial charge in [-0.05, 0) is 24.9 Å². The van der Waals surface area contributed by atoms with Crippen molar-refractivity contribution in [1.82, 2.24) is 5.32 Å². The van der Waals surface area contributed by atoms with Crippen molar-refractivity contribution in [2.24, 2.45) is 11.7 Å². The largest absolute Gasteiger partial charge is 0.503 e. The third kappa shape index (κ3) is 3.41. The van der Waals surface area contributed by atoms with Crippen molar-refractivity contribution >= 4 is 5.91 Å². The van der Waals surface area contributed by atoms with E-state index in [-0.39, 0.29) is 12.0 Å². The van der Waals surface area contributed by atoms with Crippen molar-refractivity contribution in [2.45, 2.75) is 26.3 Å². The van der Waals surface area contributed by atoms with E-state index in [1.54, 1.807) is 0 Å². The van der Waals surface area contributed by atoms with E-state index < -0.39 is 34.7 Å². The number of benzene rings is 1. The molecule has 0 aliphatic heterocycles. The maximum absolute atomic E-state index is 13.6. The lowest BCUT2D eigenvalue weighted by molar-refractivity contribution is 0.0918. The zero-order chi connectivity index (χ0) is 15.4. The Labute approximate surface area is 114 Å². The third-order valence-corrected chi connectivity index (χ3v) is 2.98. The lowest BCUT2D eigenvalue weighted by Crippen LogP contribution is -2.40. The van der Waals surface area contributed by atoms with Gasteiger partial charge in [-0.3, -0.25) is 4.79 Å². The monoisotopic (exact) mass is 290 g/mol. The van der Waals surface area contributed by atoms with E-state index in [9.17, 15) is 18.0 Å². The quantitative estimate of drug-likeness (QED) is 0.725. The summed E-state index contributed by atoms with van der Waals surface area (Å²) in [6, 6.07) is 0.0849. The second-order valence-corrected chi connectivity index (χ2v) is 4.78. The maximum atomic E-state index is 13.6. The van der Waals surface area contributed by atoms with Crippen molar-refractivity contribution in [3.63, 3.8) is 0 Å². The van der Waals surface area contributed by atoms with Crippen molar-refractivity contribution in [1.29, 1.82) is 0 Å². The van der Waals surface area contributed by atoms with Crippen LogP contribution in [0.3, 0.4) is 0 Å². The summed E-state index contributed by atoms with van der Waals surface area (Å²) in [5.74, 6) is -7.10. The van der Waals surface area contributed by atoms with Crippen LogP contribution in [0.1, 0.15) is 30.6 Å². The van der Waals surface area contributed by atoms with E-state index in [1.807, 2.05) is 13.8 Å². The number of nitrogens with one attached hydrogen (secondary N) is 1. The predicted octanol–water partition coefficient (Wildman–Crippen LogP) is 1.91. The van der Waals surface area contributed by atoms with Crippen molar-refractivity contribution in [3.05, 3.63) is 29.1 Å². The Morgan fingerprint density at radius 2 is 1.95 bits per heavy atom. The lowest BCUT2D eigenvalue weighted by atomic mass is 10.0. The average Bonchev–Trinajstić information content (AvgIpc) is 2.39. The summed E-state index contributed by atoms with van der Waals surface area (Å²) in [6.07, 6.45) is 0.459. The van der Waals surface area contributed by atoms with Gasteiger partial charge in [-0.1, -0.05) is 13.8 Å². The highest BCUT2D eigenvalue weighted by atomic mass is 19.2. The Balaban J connectivity index is 3.04. The minimum atomic E-state index is -1.72. The molecule has 4 nitrogen and oxygen atoms in total. The zero-order valence-electron chi connectivity index (χ0n) is 11.2. The van der Waals surface area contributed by atoms with Gasteiger partial charge in [-0.15, -0.1) is 0 Å². The minimum Gasteiger partial charge on any atom is -0.503 e. The molecule has 1 aromatic carbocycles. The second kappa shape index (κ2) is 6.60. The smallest absolute Gasteiger partial charge is 0.254 e. The number of nitrogens with two attached hydrogens (primary N) is 1. The topological polar surface area (TPSA) is 75.3 Å². The van der Waals surface area contributed by atoms with E-state index in [1.165, 1.54) is 0 Å². The first kappa shape index (κ1) is 16.3. The molecule has 1 aromatic rings. The van der Waals surface area contributed by atoms with Gasteiger partial charge in [0.15, 0.2) is 17.4 Å². The normalized spacial score (nSPS) is 12.6. The molecule has 0 bridgehead atoms. The molecule has 7 heteroatoms. The van der Waals surface area contributed by atoms with Gasteiger partial charge in [0.25, 0.3) is 5.91 Å². The predicted molar refractivity (Wildman–Crippen MR) is 67.7 cm³/mol. The highest BCUT2D eigenvalue weighted by Gasteiger charge is 2.24. The average molecular weight is 290 g/mol. The SMILES string of the molecule is CC(C)C(CCN)NC(=O)c1cc(F)c(F)c(O)c1F. The standard InChI is InChI=1S/C13H17F3N2O2/c1-6(2)9(3-4-17)18-13(20)7-5-8(14)11(16)12(19)10(7)15/h5-6,9,19H,3-4,17H2,1-2H3,(H,18,20). The highest BCUT2D eigenvalue weighted by molar-refractivity contribution is 5.95. The highest BCUT2D eigenvalue weighted by Crippen LogP contribution is 2.26. The van der Waals surface area contributed by atoms with Gasteiger partial charge in [-0.25, -0.2) is 8.78 Å². The summed E-state index contributed by atoms with van der Waals surface area (Å²) in [6.45, 7) is 3.98. The summed E-state index contributed by atoms with van der Waals surface area (Å²) < 4.78 is 39.6. The van der Waals surface area contributed by atoms with Gasteiger partial charge in [0, 0.05) is 6.04 Å². The van der Waals surface area contributed by atoms with E-state index in [0.29, 0.717) is 19.0 Å². The van der Waals surface area contributed by atoms with Gasteiger partial charge in [0.1, 0.15) is 0 Å². The summed E-state index contributed by atoms with van der Waals surface area (Å²) >= 11 is 0. The van der Waals surface area contributed by atoms with Gasteiger partial charge < -0.3 is 16.2 Å². The van der Waals surface area contributed by atoms with Crippen LogP contribution in [-0.4, -0.2) is 23.6 Å². The van der Waals surface area contributed by atoms with E-state index in [4.69, 9.17) is 10.8 Å². The van der Waals surface area contributed by atoms with Gasteiger partial charge >= 0.3 is 0 Å². The molecule has 0 aromatic heterocycles. The molecule has 1 rings (SSSR count). The van der Waals surface area contributed by atoms with Crippen LogP contribution in [0, 0.1) is 23.4 Å². The number of hydrogen-bond donors (Lipinski definition) is 3. The number of rotatable bonds is 5. The molecule has 20 heavy (non-hydrogen) atoms. The van der Waals surface area contributed by atoms with Crippen LogP contribution in [-0.2, 0) is 0 Å². The Hall–Kier alpha value is -1.76. The second-order valence-electron chi connectivity index (χ2n) is 4.78. The van der Waals surface area contributed by atoms with Crippen LogP contribution in [0.4, 0.5) is 13.2 Å². The van der Waals surface area contributed by atoms with Gasteiger partial charge in [-0.2, -0.15) is 4.39 Å². The maximum Gasteiger partial charge on any atom is 0.254 e. The number of aromatic hydroxyl groups is 1. The lowest BCUT2D eigenvalue weighted by Gasteiger charge is -2.22. The summed E-state index contributed by atoms with van der Waals surface area (Å²) in [4.78, 5) is 11.9. The Morgan fingerprint density at radius 3 is 2.45 bits per heavy atom. The fourth-order valence-corrected chi connectivity index (χ4v) is 1.75. The molecule has 112 valence electrons. The first-order valence-electron chi connectivity index (χ1n) is 6.17. The molecule has 0 spiro atoms. The van der Waals surface area contributed by atoms with Crippen LogP contribution < -0.4 is 11.1 Å². The number of carbonyl (C=O) groups excluding carboxylic acids is 1. The van der Waals surface area contributed by atoms with Crippen LogP contribution in [0.25, 0.3) is 0 Å². The van der Waals surface area contributed by atoms with Crippen LogP contribution in [0.15, 0.2) is 6.07 Å². The fraction of sp³-hybridized carbons (Fsp3) is 0.462. The fourth-order valence-electron chi connectivity index (χ4n) is 1.75. The molecule has 1 unspecified atom stereocenters. The summed E-state index contributed by atoms with van der Waals surface area (Å²) in [7, 11) is 0. The molecule has 0 aliphatic carbocycles. The number of halogens is 3. The van der Waals surface area contributed by atoms with Crippen LogP contribution in [0.2, 0.25) is 0 Å². The zero-order valence-corrected chi connectivity index (χ0v) is 11.2. The number of hydrogen-bond acceptors (Lipinski definition) is 3. The number of phenols is 1. The number of amides is 1. The molecule has 0 heterocycles. The van der Waals surface area contributed by atoms with E-state index in [0.717, 1.165) is 0 Å². The third-order valence-electron chi connectivity index (χ3n) is 2.98. The van der Waals surface area contributed by atoms with Crippen LogP contribution >= 0.6 is 0 Å². The van der Waals surface area contributed by atoms with E-state index in [2.05, 4.69) is 5.32 Å². The molecule has 1 amide bonds. The number of phenolic OH excluding ortho intramolecular Hbond substituents is 1. The Morgan fingerprint density at radius 1 is 1.35 bits per heavy atom. The number of carbonyl (C=O) groups is 1. The summed E-state index contributed by atoms with van der Waals surface area (Å²) in [5.41, 5.74) is 4.66. The van der Waals surface area contributed by atoms with Crippen molar-refractivity contribution in [3.8, 4) is 5.75 Å². The molecule has 0 saturated carbocycles. The van der Waals surface area contributed by atoms with Gasteiger partial charge in [0.05, 0.1) is 5.56 Å². The van der Waals surface area contributed by atoms with Crippen molar-refractivity contribution < 1.29 is 23.1 Å².